The average molecular weight is 276 g/mol. The fourth-order valence-electron chi connectivity index (χ4n) is 1.45. The fourth-order valence-corrected chi connectivity index (χ4v) is 1.99. The summed E-state index contributed by atoms with van der Waals surface area (Å²) in [6.45, 7) is 1.32. The van der Waals surface area contributed by atoms with Crippen LogP contribution in [0.5, 0.6) is 0 Å². The van der Waals surface area contributed by atoms with E-state index in [2.05, 4.69) is 5.32 Å². The predicted molar refractivity (Wildman–Crippen MR) is 65.3 cm³/mol. The highest BCUT2D eigenvalue weighted by atomic mass is 35.5. The number of amides is 1. The topological polar surface area (TPSA) is 66.4 Å². The summed E-state index contributed by atoms with van der Waals surface area (Å²) in [6.07, 6.45) is -0.226. The molecule has 2 N–H and O–H groups in total. The molecule has 0 aromatic heterocycles. The molecule has 0 heterocycles. The Bertz CT molecular complexity index is 412. The maximum absolute atomic E-state index is 11.0. The Morgan fingerprint density at radius 2 is 1.82 bits per heavy atom. The van der Waals surface area contributed by atoms with Crippen molar-refractivity contribution in [3.05, 3.63) is 33.8 Å². The number of carboxylic acids is 1. The average Bonchev–Trinajstić information content (AvgIpc) is 2.13. The summed E-state index contributed by atoms with van der Waals surface area (Å²) in [5, 5.41) is 12.1. The number of halogens is 2. The van der Waals surface area contributed by atoms with Gasteiger partial charge in [-0.2, -0.15) is 0 Å². The summed E-state index contributed by atoms with van der Waals surface area (Å²) >= 11 is 11.6. The molecule has 1 aromatic carbocycles. The van der Waals surface area contributed by atoms with E-state index in [-0.39, 0.29) is 12.3 Å². The van der Waals surface area contributed by atoms with Gasteiger partial charge in [0.1, 0.15) is 0 Å². The molecule has 0 saturated carbocycles. The molecule has 6 heteroatoms. The lowest BCUT2D eigenvalue weighted by atomic mass is 10.0. The molecule has 17 heavy (non-hydrogen) atoms. The number of rotatable bonds is 4. The third kappa shape index (κ3) is 4.63. The first-order chi connectivity index (χ1) is 7.88. The van der Waals surface area contributed by atoms with Crippen molar-refractivity contribution in [3.63, 3.8) is 0 Å². The van der Waals surface area contributed by atoms with E-state index < -0.39 is 12.0 Å². The largest absolute Gasteiger partial charge is 0.481 e. The summed E-state index contributed by atoms with van der Waals surface area (Å²) in [4.78, 5) is 21.7. The molecule has 0 bridgehead atoms. The SMILES string of the molecule is CC(=O)N[C@H](CC(=O)O)c1cc(Cl)cc(Cl)c1. The van der Waals surface area contributed by atoms with Gasteiger partial charge in [-0.25, -0.2) is 0 Å². The van der Waals surface area contributed by atoms with Gasteiger partial charge >= 0.3 is 5.97 Å². The van der Waals surface area contributed by atoms with E-state index in [1.165, 1.54) is 13.0 Å². The first-order valence-electron chi connectivity index (χ1n) is 4.83. The van der Waals surface area contributed by atoms with Crippen molar-refractivity contribution >= 4 is 35.1 Å². The van der Waals surface area contributed by atoms with Crippen molar-refractivity contribution in [2.75, 3.05) is 0 Å². The summed E-state index contributed by atoms with van der Waals surface area (Å²) in [5.41, 5.74) is 0.570. The van der Waals surface area contributed by atoms with Crippen LogP contribution in [-0.4, -0.2) is 17.0 Å². The monoisotopic (exact) mass is 275 g/mol. The van der Waals surface area contributed by atoms with Crippen molar-refractivity contribution in [2.24, 2.45) is 0 Å². The van der Waals surface area contributed by atoms with Gasteiger partial charge in [-0.1, -0.05) is 23.2 Å². The number of carbonyl (C=O) groups is 2. The Morgan fingerprint density at radius 1 is 1.29 bits per heavy atom. The van der Waals surface area contributed by atoms with Crippen molar-refractivity contribution in [2.45, 2.75) is 19.4 Å². The summed E-state index contributed by atoms with van der Waals surface area (Å²) in [5.74, 6) is -1.33. The maximum atomic E-state index is 11.0. The van der Waals surface area contributed by atoms with Gasteiger partial charge in [0.25, 0.3) is 0 Å². The number of benzene rings is 1. The van der Waals surface area contributed by atoms with E-state index in [9.17, 15) is 9.59 Å². The molecule has 0 aliphatic heterocycles. The molecular weight excluding hydrogens is 265 g/mol. The predicted octanol–water partition coefficient (Wildman–Crippen LogP) is 2.65. The van der Waals surface area contributed by atoms with Crippen LogP contribution in [0.25, 0.3) is 0 Å². The second-order valence-corrected chi connectivity index (χ2v) is 4.43. The summed E-state index contributed by atoms with van der Waals surface area (Å²) in [6, 6.07) is 4.06. The standard InChI is InChI=1S/C11H11Cl2NO3/c1-6(15)14-10(5-11(16)17)7-2-8(12)4-9(13)3-7/h2-4,10H,5H2,1H3,(H,14,15)(H,16,17)/t10-/m1/s1. The molecule has 1 aromatic rings. The first kappa shape index (κ1) is 13.8. The lowest BCUT2D eigenvalue weighted by molar-refractivity contribution is -0.137. The second-order valence-electron chi connectivity index (χ2n) is 3.55. The molecule has 1 atom stereocenters. The van der Waals surface area contributed by atoms with E-state index in [4.69, 9.17) is 28.3 Å². The highest BCUT2D eigenvalue weighted by Gasteiger charge is 2.17. The molecule has 1 amide bonds. The zero-order valence-corrected chi connectivity index (χ0v) is 10.5. The quantitative estimate of drug-likeness (QED) is 0.888. The lowest BCUT2D eigenvalue weighted by Gasteiger charge is -2.16. The van der Waals surface area contributed by atoms with Crippen molar-refractivity contribution in [1.29, 1.82) is 0 Å². The number of carbonyl (C=O) groups excluding carboxylic acids is 1. The van der Waals surface area contributed by atoms with Gasteiger partial charge in [-0.3, -0.25) is 9.59 Å². The van der Waals surface area contributed by atoms with E-state index in [0.29, 0.717) is 15.6 Å². The van der Waals surface area contributed by atoms with Crippen LogP contribution in [0.4, 0.5) is 0 Å². The van der Waals surface area contributed by atoms with Crippen LogP contribution >= 0.6 is 23.2 Å². The second kappa shape index (κ2) is 5.89. The highest BCUT2D eigenvalue weighted by molar-refractivity contribution is 6.34. The minimum absolute atomic E-state index is 0.226. The normalized spacial score (nSPS) is 11.9. The van der Waals surface area contributed by atoms with Gasteiger partial charge in [-0.05, 0) is 23.8 Å². The number of aliphatic carboxylic acids is 1. The maximum Gasteiger partial charge on any atom is 0.305 e. The van der Waals surface area contributed by atoms with Crippen LogP contribution in [-0.2, 0) is 9.59 Å². The van der Waals surface area contributed by atoms with Crippen LogP contribution in [0.2, 0.25) is 10.0 Å². The van der Waals surface area contributed by atoms with E-state index in [0.717, 1.165) is 0 Å². The van der Waals surface area contributed by atoms with Gasteiger partial charge in [0.05, 0.1) is 12.5 Å². The highest BCUT2D eigenvalue weighted by Crippen LogP contribution is 2.25. The molecule has 0 spiro atoms. The molecule has 0 unspecified atom stereocenters. The molecule has 4 nitrogen and oxygen atoms in total. The van der Waals surface area contributed by atoms with E-state index in [1.54, 1.807) is 12.1 Å². The molecule has 1 rings (SSSR count). The van der Waals surface area contributed by atoms with Crippen molar-refractivity contribution in [1.82, 2.24) is 5.32 Å². The fraction of sp³-hybridized carbons (Fsp3) is 0.273. The summed E-state index contributed by atoms with van der Waals surface area (Å²) in [7, 11) is 0. The molecular formula is C11H11Cl2NO3. The molecule has 0 fully saturated rings. The molecule has 0 aliphatic rings. The van der Waals surface area contributed by atoms with Gasteiger partial charge in [0.15, 0.2) is 0 Å². The number of nitrogens with one attached hydrogen (secondary N) is 1. The Balaban J connectivity index is 3.02. The Morgan fingerprint density at radius 3 is 2.24 bits per heavy atom. The molecule has 0 aliphatic carbocycles. The molecule has 0 saturated heterocycles. The molecule has 0 radical (unpaired) electrons. The van der Waals surface area contributed by atoms with Gasteiger partial charge in [0, 0.05) is 17.0 Å². The van der Waals surface area contributed by atoms with Gasteiger partial charge in [0.2, 0.25) is 5.91 Å². The van der Waals surface area contributed by atoms with Crippen LogP contribution in [0.1, 0.15) is 24.9 Å². The smallest absolute Gasteiger partial charge is 0.305 e. The van der Waals surface area contributed by atoms with Gasteiger partial charge in [-0.15, -0.1) is 0 Å². The third-order valence-electron chi connectivity index (χ3n) is 2.04. The number of hydrogen-bond acceptors (Lipinski definition) is 2. The Kier molecular flexibility index (Phi) is 4.78. The lowest BCUT2D eigenvalue weighted by Crippen LogP contribution is -2.28. The third-order valence-corrected chi connectivity index (χ3v) is 2.48. The van der Waals surface area contributed by atoms with Gasteiger partial charge < -0.3 is 10.4 Å². The van der Waals surface area contributed by atoms with Crippen LogP contribution in [0.15, 0.2) is 18.2 Å². The van der Waals surface area contributed by atoms with Crippen LogP contribution < -0.4 is 5.32 Å². The van der Waals surface area contributed by atoms with E-state index in [1.807, 2.05) is 0 Å². The van der Waals surface area contributed by atoms with Crippen LogP contribution in [0.3, 0.4) is 0 Å². The minimum atomic E-state index is -1.01. The number of carboxylic acid groups (broad SMARTS) is 1. The number of hydrogen-bond donors (Lipinski definition) is 2. The van der Waals surface area contributed by atoms with E-state index >= 15 is 0 Å². The van der Waals surface area contributed by atoms with Crippen molar-refractivity contribution in [3.8, 4) is 0 Å². The first-order valence-corrected chi connectivity index (χ1v) is 5.59. The van der Waals surface area contributed by atoms with Crippen LogP contribution in [0, 0.1) is 0 Å². The Hall–Kier alpha value is -1.26. The zero-order valence-electron chi connectivity index (χ0n) is 9.04. The van der Waals surface area contributed by atoms with Crippen molar-refractivity contribution < 1.29 is 14.7 Å². The zero-order chi connectivity index (χ0) is 13.0. The Labute approximate surface area is 109 Å². The molecule has 92 valence electrons. The summed E-state index contributed by atoms with van der Waals surface area (Å²) < 4.78 is 0. The minimum Gasteiger partial charge on any atom is -0.481 e.